The molecule has 182 valence electrons. The zero-order valence-electron chi connectivity index (χ0n) is 19.7. The number of anilines is 2. The first kappa shape index (κ1) is 22.4. The fourth-order valence-corrected chi connectivity index (χ4v) is 5.09. The molecule has 0 fully saturated rings. The first-order valence-electron chi connectivity index (χ1n) is 11.6. The predicted octanol–water partition coefficient (Wildman–Crippen LogP) is 5.71. The van der Waals surface area contributed by atoms with Crippen LogP contribution in [0.2, 0.25) is 5.15 Å². The highest BCUT2D eigenvalue weighted by atomic mass is 35.5. The Kier molecular flexibility index (Phi) is 5.34. The van der Waals surface area contributed by atoms with Crippen molar-refractivity contribution >= 4 is 40.0 Å². The lowest BCUT2D eigenvalue weighted by atomic mass is 10.00. The number of carboxylic acids is 1. The van der Waals surface area contributed by atoms with Crippen molar-refractivity contribution < 1.29 is 19.4 Å². The van der Waals surface area contributed by atoms with Crippen LogP contribution in [0.5, 0.6) is 11.5 Å². The van der Waals surface area contributed by atoms with E-state index in [9.17, 15) is 9.90 Å². The summed E-state index contributed by atoms with van der Waals surface area (Å²) in [4.78, 5) is 23.0. The van der Waals surface area contributed by atoms with E-state index in [0.717, 1.165) is 51.5 Å². The number of carboxylic acid groups (broad SMARTS) is 1. The summed E-state index contributed by atoms with van der Waals surface area (Å²) in [5.41, 5.74) is 5.55. The molecule has 2 N–H and O–H groups in total. The number of pyridine rings is 2. The smallest absolute Gasteiger partial charge is 0.356 e. The quantitative estimate of drug-likeness (QED) is 0.335. The molecular formula is C27H23ClN4O4. The van der Waals surface area contributed by atoms with Gasteiger partial charge in [0.05, 0.1) is 17.2 Å². The summed E-state index contributed by atoms with van der Waals surface area (Å²) in [6, 6.07) is 15.3. The number of hydrogen-bond donors (Lipinski definition) is 2. The average molecular weight is 503 g/mol. The monoisotopic (exact) mass is 502 g/mol. The number of carbonyl (C=O) groups is 1. The van der Waals surface area contributed by atoms with Crippen LogP contribution in [0.3, 0.4) is 0 Å². The maximum atomic E-state index is 11.7. The average Bonchev–Trinajstić information content (AvgIpc) is 3.51. The van der Waals surface area contributed by atoms with Gasteiger partial charge in [0, 0.05) is 29.6 Å². The Labute approximate surface area is 212 Å². The second-order valence-electron chi connectivity index (χ2n) is 9.09. The molecule has 0 saturated carbocycles. The summed E-state index contributed by atoms with van der Waals surface area (Å²) in [5, 5.41) is 14.0. The zero-order valence-corrected chi connectivity index (χ0v) is 20.5. The van der Waals surface area contributed by atoms with Gasteiger partial charge >= 0.3 is 5.97 Å². The highest BCUT2D eigenvalue weighted by Crippen LogP contribution is 2.42. The van der Waals surface area contributed by atoms with E-state index in [-0.39, 0.29) is 23.7 Å². The molecule has 0 spiro atoms. The van der Waals surface area contributed by atoms with Crippen molar-refractivity contribution in [2.24, 2.45) is 0 Å². The second-order valence-corrected chi connectivity index (χ2v) is 9.48. The molecule has 0 bridgehead atoms. The van der Waals surface area contributed by atoms with Gasteiger partial charge in [-0.25, -0.2) is 14.8 Å². The number of aromatic carboxylic acids is 1. The molecule has 0 aliphatic carbocycles. The van der Waals surface area contributed by atoms with Gasteiger partial charge in [0.2, 0.25) is 6.79 Å². The van der Waals surface area contributed by atoms with Crippen LogP contribution < -0.4 is 19.7 Å². The molecule has 2 aromatic carbocycles. The van der Waals surface area contributed by atoms with E-state index in [2.05, 4.69) is 39.5 Å². The number of nitrogens with one attached hydrogen (secondary N) is 1. The molecule has 2 aromatic heterocycles. The van der Waals surface area contributed by atoms with Crippen LogP contribution in [0.1, 0.15) is 45.7 Å². The van der Waals surface area contributed by atoms with Crippen molar-refractivity contribution in [3.63, 3.8) is 0 Å². The maximum absolute atomic E-state index is 11.7. The molecule has 9 heteroatoms. The van der Waals surface area contributed by atoms with Crippen LogP contribution in [0.25, 0.3) is 10.9 Å². The normalized spacial score (nSPS) is 14.7. The Morgan fingerprint density at radius 2 is 1.97 bits per heavy atom. The van der Waals surface area contributed by atoms with Crippen LogP contribution in [0.15, 0.2) is 48.5 Å². The molecule has 36 heavy (non-hydrogen) atoms. The first-order valence-corrected chi connectivity index (χ1v) is 12.0. The van der Waals surface area contributed by atoms with Crippen molar-refractivity contribution in [1.82, 2.24) is 9.97 Å². The number of fused-ring (bicyclic) bond motifs is 4. The molecule has 0 amide bonds. The Balaban J connectivity index is 1.35. The van der Waals surface area contributed by atoms with Gasteiger partial charge in [-0.3, -0.25) is 0 Å². The van der Waals surface area contributed by atoms with Gasteiger partial charge in [-0.05, 0) is 55.8 Å². The number of aromatic nitrogens is 2. The van der Waals surface area contributed by atoms with Crippen molar-refractivity contribution in [2.45, 2.75) is 33.0 Å². The number of rotatable bonds is 5. The molecule has 1 atom stereocenters. The minimum atomic E-state index is -1.14. The highest BCUT2D eigenvalue weighted by molar-refractivity contribution is 6.29. The summed E-state index contributed by atoms with van der Waals surface area (Å²) in [5.74, 6) is 1.34. The predicted molar refractivity (Wildman–Crippen MR) is 137 cm³/mol. The van der Waals surface area contributed by atoms with Crippen LogP contribution >= 0.6 is 11.6 Å². The van der Waals surface area contributed by atoms with E-state index in [4.69, 9.17) is 26.1 Å². The number of ether oxygens (including phenoxy) is 2. The van der Waals surface area contributed by atoms with E-state index in [1.165, 1.54) is 5.56 Å². The molecule has 4 aromatic rings. The molecule has 0 radical (unpaired) electrons. The molecule has 6 rings (SSSR count). The van der Waals surface area contributed by atoms with Gasteiger partial charge in [-0.1, -0.05) is 29.3 Å². The SMILES string of the molecule is Cc1cc([C@H](C)Nc2ccc(Cl)nc2C(=O)O)c2nc(N3Cc4ccc5c(c4C3)OCO5)ccc2c1. The van der Waals surface area contributed by atoms with Gasteiger partial charge in [0.15, 0.2) is 17.2 Å². The Bertz CT molecular complexity index is 1540. The zero-order chi connectivity index (χ0) is 25.0. The molecule has 2 aliphatic heterocycles. The lowest BCUT2D eigenvalue weighted by molar-refractivity contribution is 0.0691. The molecule has 2 aliphatic rings. The van der Waals surface area contributed by atoms with E-state index < -0.39 is 5.97 Å². The van der Waals surface area contributed by atoms with Crippen LogP contribution in [-0.2, 0) is 13.1 Å². The molecule has 8 nitrogen and oxygen atoms in total. The Morgan fingerprint density at radius 3 is 2.81 bits per heavy atom. The third kappa shape index (κ3) is 3.83. The van der Waals surface area contributed by atoms with Gasteiger partial charge in [-0.15, -0.1) is 0 Å². The van der Waals surface area contributed by atoms with Gasteiger partial charge in [0.1, 0.15) is 11.0 Å². The van der Waals surface area contributed by atoms with E-state index in [1.54, 1.807) is 12.1 Å². The van der Waals surface area contributed by atoms with Crippen molar-refractivity contribution in [3.05, 3.63) is 81.6 Å². The number of aryl methyl sites for hydroxylation is 1. The fraction of sp³-hybridized carbons (Fsp3) is 0.222. The van der Waals surface area contributed by atoms with Crippen molar-refractivity contribution in [3.8, 4) is 11.5 Å². The minimum Gasteiger partial charge on any atom is -0.476 e. The topological polar surface area (TPSA) is 96.8 Å². The number of halogens is 1. The van der Waals surface area contributed by atoms with E-state index >= 15 is 0 Å². The second kappa shape index (κ2) is 8.57. The molecule has 0 unspecified atom stereocenters. The summed E-state index contributed by atoms with van der Waals surface area (Å²) in [7, 11) is 0. The van der Waals surface area contributed by atoms with E-state index in [1.807, 2.05) is 26.0 Å². The van der Waals surface area contributed by atoms with Gasteiger partial charge < -0.3 is 24.8 Å². The summed E-state index contributed by atoms with van der Waals surface area (Å²) in [6.07, 6.45) is 0. The van der Waals surface area contributed by atoms with Crippen molar-refractivity contribution in [1.29, 1.82) is 0 Å². The molecule has 0 saturated heterocycles. The lowest BCUT2D eigenvalue weighted by Crippen LogP contribution is -2.17. The number of benzene rings is 2. The van der Waals surface area contributed by atoms with Gasteiger partial charge in [-0.2, -0.15) is 0 Å². The standard InChI is InChI=1S/C27H23ClN4O4/c1-14-9-16-4-8-23(32-11-17-3-6-21-26(19(17)12-32)36-13-35-21)31-24(16)18(10-14)15(2)29-20-5-7-22(28)30-25(20)27(33)34/h3-10,15,29H,11-13H2,1-2H3,(H,33,34)/t15-/m0/s1. The Morgan fingerprint density at radius 1 is 1.11 bits per heavy atom. The van der Waals surface area contributed by atoms with E-state index in [0.29, 0.717) is 12.2 Å². The van der Waals surface area contributed by atoms with Crippen molar-refractivity contribution in [2.75, 3.05) is 17.0 Å². The molecule has 4 heterocycles. The highest BCUT2D eigenvalue weighted by Gasteiger charge is 2.29. The van der Waals surface area contributed by atoms with Gasteiger partial charge in [0.25, 0.3) is 0 Å². The third-order valence-corrected chi connectivity index (χ3v) is 6.84. The Hall–Kier alpha value is -4.04. The summed E-state index contributed by atoms with van der Waals surface area (Å²) in [6.45, 7) is 5.69. The number of hydrogen-bond acceptors (Lipinski definition) is 7. The first-order chi connectivity index (χ1) is 17.4. The third-order valence-electron chi connectivity index (χ3n) is 6.63. The van der Waals surface area contributed by atoms with Crippen LogP contribution in [-0.4, -0.2) is 27.8 Å². The fourth-order valence-electron chi connectivity index (χ4n) is 4.95. The summed E-state index contributed by atoms with van der Waals surface area (Å²) < 4.78 is 11.3. The number of nitrogens with zero attached hydrogens (tertiary/aromatic N) is 3. The molecular weight excluding hydrogens is 480 g/mol. The van der Waals surface area contributed by atoms with Crippen LogP contribution in [0, 0.1) is 6.92 Å². The van der Waals surface area contributed by atoms with Crippen LogP contribution in [0.4, 0.5) is 11.5 Å². The minimum absolute atomic E-state index is 0.117. The largest absolute Gasteiger partial charge is 0.476 e. The lowest BCUT2D eigenvalue weighted by Gasteiger charge is -2.21. The maximum Gasteiger partial charge on any atom is 0.356 e. The summed E-state index contributed by atoms with van der Waals surface area (Å²) >= 11 is 5.93.